The first kappa shape index (κ1) is 13.2. The number of hydrogen-bond acceptors (Lipinski definition) is 5. The quantitative estimate of drug-likeness (QED) is 0.475. The second-order valence-electron chi connectivity index (χ2n) is 2.56. The number of nitriles is 1. The van der Waals surface area contributed by atoms with Crippen LogP contribution in [-0.2, 0) is 0 Å². The molecule has 10 heteroatoms. The Morgan fingerprint density at radius 1 is 1.59 bits per heavy atom. The van der Waals surface area contributed by atoms with Gasteiger partial charge >= 0.3 is 12.0 Å². The van der Waals surface area contributed by atoms with E-state index >= 15 is 0 Å². The molecule has 0 aliphatic rings. The number of ether oxygens (including phenoxy) is 1. The van der Waals surface area contributed by atoms with Crippen molar-refractivity contribution in [2.45, 2.75) is 6.36 Å². The molecule has 1 aromatic rings. The number of halogens is 4. The van der Waals surface area contributed by atoms with E-state index in [2.05, 4.69) is 25.7 Å². The molecule has 0 unspecified atom stereocenters. The van der Waals surface area contributed by atoms with Crippen LogP contribution in [0, 0.1) is 21.4 Å². The van der Waals surface area contributed by atoms with Gasteiger partial charge < -0.3 is 4.74 Å². The molecule has 0 amide bonds. The lowest BCUT2D eigenvalue weighted by atomic mass is 10.3. The van der Waals surface area contributed by atoms with Gasteiger partial charge in [0.2, 0.25) is 5.75 Å². The van der Waals surface area contributed by atoms with E-state index in [0.29, 0.717) is 6.07 Å². The van der Waals surface area contributed by atoms with E-state index in [1.807, 2.05) is 0 Å². The third-order valence-corrected chi connectivity index (χ3v) is 1.99. The van der Waals surface area contributed by atoms with Gasteiger partial charge in [0, 0.05) is 6.07 Å². The van der Waals surface area contributed by atoms with Crippen molar-refractivity contribution < 1.29 is 22.8 Å². The molecule has 0 aliphatic heterocycles. The molecule has 0 saturated heterocycles. The molecular weight excluding hydrogens is 311 g/mol. The summed E-state index contributed by atoms with van der Waals surface area (Å²) in [5.41, 5.74) is -1.44. The molecule has 90 valence electrons. The average molecular weight is 312 g/mol. The molecule has 0 aliphatic carbocycles. The maximum atomic E-state index is 12.0. The fraction of sp³-hybridized carbons (Fsp3) is 0.143. The first-order valence-electron chi connectivity index (χ1n) is 3.75. The molecule has 0 saturated carbocycles. The zero-order valence-corrected chi connectivity index (χ0v) is 9.24. The maximum absolute atomic E-state index is 12.0. The smallest absolute Gasteiger partial charge is 0.398 e. The minimum atomic E-state index is -5.10. The van der Waals surface area contributed by atoms with Gasteiger partial charge in [-0.05, 0) is 15.9 Å². The summed E-state index contributed by atoms with van der Waals surface area (Å²) >= 11 is 2.60. The minimum absolute atomic E-state index is 0.443. The highest BCUT2D eigenvalue weighted by Crippen LogP contribution is 2.36. The molecule has 1 aromatic heterocycles. The zero-order chi connectivity index (χ0) is 13.2. The lowest BCUT2D eigenvalue weighted by Gasteiger charge is -2.09. The molecule has 17 heavy (non-hydrogen) atoms. The van der Waals surface area contributed by atoms with Gasteiger partial charge in [-0.1, -0.05) is 0 Å². The summed E-state index contributed by atoms with van der Waals surface area (Å²) in [6.45, 7) is 0. The van der Waals surface area contributed by atoms with E-state index in [0.717, 1.165) is 0 Å². The van der Waals surface area contributed by atoms with Crippen LogP contribution >= 0.6 is 15.9 Å². The first-order valence-corrected chi connectivity index (χ1v) is 4.54. The molecule has 0 fully saturated rings. The van der Waals surface area contributed by atoms with Crippen LogP contribution in [0.1, 0.15) is 5.69 Å². The molecule has 0 N–H and O–H groups in total. The molecule has 0 atom stereocenters. The van der Waals surface area contributed by atoms with E-state index < -0.39 is 33.0 Å². The van der Waals surface area contributed by atoms with Gasteiger partial charge in [-0.15, -0.1) is 13.2 Å². The Morgan fingerprint density at radius 3 is 2.59 bits per heavy atom. The van der Waals surface area contributed by atoms with E-state index in [1.54, 1.807) is 0 Å². The van der Waals surface area contributed by atoms with Crippen molar-refractivity contribution in [1.29, 1.82) is 5.26 Å². The van der Waals surface area contributed by atoms with Crippen molar-refractivity contribution in [1.82, 2.24) is 4.98 Å². The second-order valence-corrected chi connectivity index (χ2v) is 3.31. The summed E-state index contributed by atoms with van der Waals surface area (Å²) in [4.78, 5) is 12.8. The summed E-state index contributed by atoms with van der Waals surface area (Å²) in [5, 5.41) is 19.0. The van der Waals surface area contributed by atoms with Crippen molar-refractivity contribution in [3.63, 3.8) is 0 Å². The second kappa shape index (κ2) is 4.54. The van der Waals surface area contributed by atoms with Crippen molar-refractivity contribution in [3.05, 3.63) is 26.5 Å². The van der Waals surface area contributed by atoms with E-state index in [-0.39, 0.29) is 0 Å². The van der Waals surface area contributed by atoms with E-state index in [4.69, 9.17) is 5.26 Å². The van der Waals surface area contributed by atoms with Gasteiger partial charge in [0.05, 0.1) is 4.92 Å². The van der Waals surface area contributed by atoms with Crippen LogP contribution in [0.3, 0.4) is 0 Å². The lowest BCUT2D eigenvalue weighted by Crippen LogP contribution is -2.18. The number of rotatable bonds is 2. The number of nitro groups is 1. The Hall–Kier alpha value is -1.89. The minimum Gasteiger partial charge on any atom is -0.398 e. The number of hydrogen-bond donors (Lipinski definition) is 0. The van der Waals surface area contributed by atoms with Crippen molar-refractivity contribution in [2.24, 2.45) is 0 Å². The van der Waals surface area contributed by atoms with Crippen LogP contribution < -0.4 is 4.74 Å². The van der Waals surface area contributed by atoms with Crippen molar-refractivity contribution >= 4 is 21.6 Å². The fourth-order valence-corrected chi connectivity index (χ4v) is 1.44. The highest BCUT2D eigenvalue weighted by Gasteiger charge is 2.36. The SMILES string of the molecule is N#Cc1cc(OC(F)(F)F)c([N+](=O)[O-])c(Br)n1. The summed E-state index contributed by atoms with van der Waals surface area (Å²) in [5.74, 6) is -1.10. The van der Waals surface area contributed by atoms with Crippen LogP contribution in [0.4, 0.5) is 18.9 Å². The summed E-state index contributed by atoms with van der Waals surface area (Å²) in [6.07, 6.45) is -5.10. The van der Waals surface area contributed by atoms with Crippen LogP contribution in [0.2, 0.25) is 0 Å². The molecule has 1 heterocycles. The molecule has 0 bridgehead atoms. The Bertz CT molecular complexity index is 512. The monoisotopic (exact) mass is 311 g/mol. The van der Waals surface area contributed by atoms with Gasteiger partial charge in [-0.25, -0.2) is 4.98 Å². The standard InChI is InChI=1S/C7HBrF3N3O3/c8-6-5(14(15)16)4(17-7(9,10)11)1-3(2-12)13-6/h1H. The van der Waals surface area contributed by atoms with Crippen LogP contribution in [0.15, 0.2) is 10.7 Å². The first-order chi connectivity index (χ1) is 7.74. The molecule has 0 aromatic carbocycles. The summed E-state index contributed by atoms with van der Waals surface area (Å²) in [7, 11) is 0. The topological polar surface area (TPSA) is 89.0 Å². The van der Waals surface area contributed by atoms with Gasteiger partial charge in [-0.3, -0.25) is 10.1 Å². The zero-order valence-electron chi connectivity index (χ0n) is 7.66. The summed E-state index contributed by atoms with van der Waals surface area (Å²) < 4.78 is 38.9. The van der Waals surface area contributed by atoms with Gasteiger partial charge in [0.15, 0.2) is 4.60 Å². The number of alkyl halides is 3. The lowest BCUT2D eigenvalue weighted by molar-refractivity contribution is -0.389. The molecular formula is C7HBrF3N3O3. The van der Waals surface area contributed by atoms with Crippen molar-refractivity contribution in [2.75, 3.05) is 0 Å². The van der Waals surface area contributed by atoms with Crippen LogP contribution in [-0.4, -0.2) is 16.3 Å². The van der Waals surface area contributed by atoms with Gasteiger partial charge in [0.1, 0.15) is 11.8 Å². The van der Waals surface area contributed by atoms with Crippen molar-refractivity contribution in [3.8, 4) is 11.8 Å². The van der Waals surface area contributed by atoms with Crippen LogP contribution in [0.5, 0.6) is 5.75 Å². The average Bonchev–Trinajstić information content (AvgIpc) is 2.13. The Kier molecular flexibility index (Phi) is 3.52. The highest BCUT2D eigenvalue weighted by molar-refractivity contribution is 9.10. The number of pyridine rings is 1. The maximum Gasteiger partial charge on any atom is 0.573 e. The van der Waals surface area contributed by atoms with Gasteiger partial charge in [-0.2, -0.15) is 5.26 Å². The fourth-order valence-electron chi connectivity index (χ4n) is 0.910. The molecule has 0 spiro atoms. The molecule has 1 rings (SSSR count). The van der Waals surface area contributed by atoms with Crippen LogP contribution in [0.25, 0.3) is 0 Å². The third kappa shape index (κ3) is 3.28. The highest BCUT2D eigenvalue weighted by atomic mass is 79.9. The number of nitrogens with zero attached hydrogens (tertiary/aromatic N) is 3. The largest absolute Gasteiger partial charge is 0.573 e. The predicted molar refractivity (Wildman–Crippen MR) is 50.0 cm³/mol. The Balaban J connectivity index is 3.39. The molecule has 0 radical (unpaired) electrons. The summed E-state index contributed by atoms with van der Waals surface area (Å²) in [6, 6.07) is 1.99. The van der Waals surface area contributed by atoms with E-state index in [1.165, 1.54) is 6.07 Å². The number of aromatic nitrogens is 1. The normalized spacial score (nSPS) is 10.8. The third-order valence-electron chi connectivity index (χ3n) is 1.44. The van der Waals surface area contributed by atoms with Gasteiger partial charge in [0.25, 0.3) is 0 Å². The molecule has 6 nitrogen and oxygen atoms in total. The Morgan fingerprint density at radius 2 is 2.18 bits per heavy atom. The Labute approximate surface area is 99.9 Å². The van der Waals surface area contributed by atoms with E-state index in [9.17, 15) is 23.3 Å². The predicted octanol–water partition coefficient (Wildman–Crippen LogP) is 2.52.